The van der Waals surface area contributed by atoms with Crippen LogP contribution in [0.1, 0.15) is 30.0 Å². The summed E-state index contributed by atoms with van der Waals surface area (Å²) in [6.45, 7) is 6.34. The number of carbonyl (C=O) groups is 1. The summed E-state index contributed by atoms with van der Waals surface area (Å²) in [4.78, 5) is 21.5. The second-order valence-electron chi connectivity index (χ2n) is 7.69. The average molecular weight is 463 g/mol. The van der Waals surface area contributed by atoms with Crippen molar-refractivity contribution in [2.75, 3.05) is 11.1 Å². The molecule has 4 rings (SSSR count). The maximum Gasteiger partial charge on any atom is 0.236 e. The summed E-state index contributed by atoms with van der Waals surface area (Å²) in [7, 11) is 0. The first-order valence-corrected chi connectivity index (χ1v) is 12.5. The van der Waals surface area contributed by atoms with Crippen LogP contribution < -0.4 is 5.32 Å². The highest BCUT2D eigenvalue weighted by Gasteiger charge is 2.13. The molecule has 0 aliphatic heterocycles. The van der Waals surface area contributed by atoms with Crippen molar-refractivity contribution in [3.63, 3.8) is 0 Å². The largest absolute Gasteiger partial charge is 0.301 e. The van der Waals surface area contributed by atoms with E-state index in [0.717, 1.165) is 34.9 Å². The maximum atomic E-state index is 12.5. The van der Waals surface area contributed by atoms with E-state index in [4.69, 9.17) is 0 Å². The van der Waals surface area contributed by atoms with Crippen molar-refractivity contribution < 1.29 is 4.79 Å². The molecule has 0 spiro atoms. The fourth-order valence-electron chi connectivity index (χ4n) is 3.54. The Labute approximate surface area is 196 Å². The standard InChI is InChI=1S/C25H26N4OS2/c1-4-5-19-7-9-20(10-8-19)21-15-31-24(27-21)28-23(30)16-32-25-26-12-13-29(25)22-11-6-17(2)14-18(22)3/h6-15H,4-5,16H2,1-3H3,(H,27,28,30). The van der Waals surface area contributed by atoms with E-state index >= 15 is 0 Å². The van der Waals surface area contributed by atoms with Gasteiger partial charge in [0.1, 0.15) is 0 Å². The molecule has 0 atom stereocenters. The predicted molar refractivity (Wildman–Crippen MR) is 134 cm³/mol. The Morgan fingerprint density at radius 2 is 1.97 bits per heavy atom. The third-order valence-corrected chi connectivity index (χ3v) is 6.81. The van der Waals surface area contributed by atoms with Crippen LogP contribution in [0.4, 0.5) is 5.13 Å². The molecule has 5 nitrogen and oxygen atoms in total. The van der Waals surface area contributed by atoms with Gasteiger partial charge < -0.3 is 5.32 Å². The number of rotatable bonds is 8. The number of anilines is 1. The van der Waals surface area contributed by atoms with Crippen LogP contribution in [0.25, 0.3) is 16.9 Å². The molecule has 2 heterocycles. The highest BCUT2D eigenvalue weighted by molar-refractivity contribution is 7.99. The van der Waals surface area contributed by atoms with Gasteiger partial charge in [0.05, 0.1) is 17.1 Å². The van der Waals surface area contributed by atoms with Crippen LogP contribution in [-0.4, -0.2) is 26.2 Å². The quantitative estimate of drug-likeness (QED) is 0.312. The van der Waals surface area contributed by atoms with Gasteiger partial charge in [0.15, 0.2) is 10.3 Å². The van der Waals surface area contributed by atoms with Crippen LogP contribution in [-0.2, 0) is 11.2 Å². The lowest BCUT2D eigenvalue weighted by molar-refractivity contribution is -0.113. The van der Waals surface area contributed by atoms with Crippen LogP contribution >= 0.6 is 23.1 Å². The van der Waals surface area contributed by atoms with Crippen molar-refractivity contribution >= 4 is 34.1 Å². The van der Waals surface area contributed by atoms with E-state index in [-0.39, 0.29) is 11.7 Å². The summed E-state index contributed by atoms with van der Waals surface area (Å²) in [6.07, 6.45) is 5.91. The maximum absolute atomic E-state index is 12.5. The predicted octanol–water partition coefficient (Wildman–Crippen LogP) is 6.30. The molecule has 0 radical (unpaired) electrons. The Balaban J connectivity index is 1.37. The number of hydrogen-bond acceptors (Lipinski definition) is 5. The molecule has 1 amide bonds. The molecule has 0 saturated heterocycles. The molecule has 1 N–H and O–H groups in total. The number of amides is 1. The van der Waals surface area contributed by atoms with E-state index in [1.807, 2.05) is 16.1 Å². The Bertz CT molecular complexity index is 1210. The Hall–Kier alpha value is -2.90. The molecule has 2 aromatic heterocycles. The normalized spacial score (nSPS) is 11.0. The number of aromatic nitrogens is 3. The Morgan fingerprint density at radius 1 is 1.16 bits per heavy atom. The molecular weight excluding hydrogens is 436 g/mol. The molecule has 0 aliphatic rings. The van der Waals surface area contributed by atoms with Crippen LogP contribution in [0.5, 0.6) is 0 Å². The van der Waals surface area contributed by atoms with Gasteiger partial charge in [-0.2, -0.15) is 0 Å². The zero-order valence-corrected chi connectivity index (χ0v) is 20.1. The molecule has 0 fully saturated rings. The minimum Gasteiger partial charge on any atom is -0.301 e. The summed E-state index contributed by atoms with van der Waals surface area (Å²) in [5.41, 5.74) is 6.74. The lowest BCUT2D eigenvalue weighted by atomic mass is 10.1. The number of thiazole rings is 1. The van der Waals surface area contributed by atoms with Gasteiger partial charge in [-0.05, 0) is 37.5 Å². The lowest BCUT2D eigenvalue weighted by Crippen LogP contribution is -2.14. The molecule has 7 heteroatoms. The topological polar surface area (TPSA) is 59.8 Å². The van der Waals surface area contributed by atoms with Gasteiger partial charge >= 0.3 is 0 Å². The van der Waals surface area contributed by atoms with E-state index in [2.05, 4.69) is 78.5 Å². The molecule has 4 aromatic rings. The first-order chi connectivity index (χ1) is 15.5. The molecule has 0 unspecified atom stereocenters. The second kappa shape index (κ2) is 10.1. The van der Waals surface area contributed by atoms with Gasteiger partial charge in [-0.15, -0.1) is 11.3 Å². The van der Waals surface area contributed by atoms with Gasteiger partial charge in [-0.3, -0.25) is 9.36 Å². The smallest absolute Gasteiger partial charge is 0.236 e. The minimum atomic E-state index is -0.0932. The second-order valence-corrected chi connectivity index (χ2v) is 9.49. The van der Waals surface area contributed by atoms with Gasteiger partial charge in [-0.1, -0.05) is 67.1 Å². The number of aryl methyl sites for hydroxylation is 3. The third kappa shape index (κ3) is 5.29. The van der Waals surface area contributed by atoms with Gasteiger partial charge in [0, 0.05) is 23.3 Å². The van der Waals surface area contributed by atoms with Crippen molar-refractivity contribution in [3.05, 3.63) is 76.9 Å². The minimum absolute atomic E-state index is 0.0932. The Morgan fingerprint density at radius 3 is 2.72 bits per heavy atom. The van der Waals surface area contributed by atoms with Crippen LogP contribution in [0, 0.1) is 13.8 Å². The van der Waals surface area contributed by atoms with Crippen molar-refractivity contribution in [2.45, 2.75) is 38.8 Å². The van der Waals surface area contributed by atoms with Gasteiger partial charge in [-0.25, -0.2) is 9.97 Å². The third-order valence-electron chi connectivity index (χ3n) is 5.09. The highest BCUT2D eigenvalue weighted by Crippen LogP contribution is 2.27. The summed E-state index contributed by atoms with van der Waals surface area (Å²) in [5, 5.41) is 6.29. The zero-order valence-electron chi connectivity index (χ0n) is 18.5. The van der Waals surface area contributed by atoms with Crippen molar-refractivity contribution in [1.82, 2.24) is 14.5 Å². The number of benzene rings is 2. The molecule has 0 aliphatic carbocycles. The van der Waals surface area contributed by atoms with E-state index in [1.54, 1.807) is 6.20 Å². The molecular formula is C25H26N4OS2. The zero-order chi connectivity index (χ0) is 22.5. The molecule has 164 valence electrons. The number of nitrogens with one attached hydrogen (secondary N) is 1. The number of carbonyl (C=O) groups excluding carboxylic acids is 1. The number of hydrogen-bond donors (Lipinski definition) is 1. The summed E-state index contributed by atoms with van der Waals surface area (Å²) in [5.74, 6) is 0.173. The monoisotopic (exact) mass is 462 g/mol. The van der Waals surface area contributed by atoms with E-state index < -0.39 is 0 Å². The summed E-state index contributed by atoms with van der Waals surface area (Å²) >= 11 is 2.86. The fraction of sp³-hybridized carbons (Fsp3) is 0.240. The van der Waals surface area contributed by atoms with E-state index in [9.17, 15) is 4.79 Å². The molecule has 2 aromatic carbocycles. The molecule has 32 heavy (non-hydrogen) atoms. The first-order valence-electron chi connectivity index (χ1n) is 10.6. The molecule has 0 bridgehead atoms. The highest BCUT2D eigenvalue weighted by atomic mass is 32.2. The average Bonchev–Trinajstić information content (AvgIpc) is 3.43. The number of thioether (sulfide) groups is 1. The first kappa shape index (κ1) is 22.3. The molecule has 0 saturated carbocycles. The SMILES string of the molecule is CCCc1ccc(-c2csc(NC(=O)CSc3nccn3-c3ccc(C)cc3C)n2)cc1. The van der Waals surface area contributed by atoms with E-state index in [0.29, 0.717) is 5.13 Å². The van der Waals surface area contributed by atoms with Crippen molar-refractivity contribution in [1.29, 1.82) is 0 Å². The van der Waals surface area contributed by atoms with Crippen LogP contribution in [0.15, 0.2) is 65.4 Å². The lowest BCUT2D eigenvalue weighted by Gasteiger charge is -2.11. The number of nitrogens with zero attached hydrogens (tertiary/aromatic N) is 3. The van der Waals surface area contributed by atoms with Gasteiger partial charge in [0.25, 0.3) is 0 Å². The summed E-state index contributed by atoms with van der Waals surface area (Å²) in [6, 6.07) is 14.8. The van der Waals surface area contributed by atoms with Crippen LogP contribution in [0.3, 0.4) is 0 Å². The Kier molecular flexibility index (Phi) is 7.07. The van der Waals surface area contributed by atoms with Crippen LogP contribution in [0.2, 0.25) is 0 Å². The number of imidazole rings is 1. The van der Waals surface area contributed by atoms with Gasteiger partial charge in [0.2, 0.25) is 5.91 Å². The van der Waals surface area contributed by atoms with Crippen molar-refractivity contribution in [3.8, 4) is 16.9 Å². The summed E-state index contributed by atoms with van der Waals surface area (Å²) < 4.78 is 2.02. The fourth-order valence-corrected chi connectivity index (χ4v) is 5.04. The van der Waals surface area contributed by atoms with Crippen molar-refractivity contribution in [2.24, 2.45) is 0 Å². The van der Waals surface area contributed by atoms with E-state index in [1.165, 1.54) is 39.8 Å².